The van der Waals surface area contributed by atoms with E-state index in [0.717, 1.165) is 0 Å². The molecule has 0 aliphatic carbocycles. The molecule has 0 saturated heterocycles. The van der Waals surface area contributed by atoms with Crippen LogP contribution >= 0.6 is 11.6 Å². The number of hydrogen-bond donors (Lipinski definition) is 1. The highest BCUT2D eigenvalue weighted by Crippen LogP contribution is 2.41. The van der Waals surface area contributed by atoms with E-state index in [2.05, 4.69) is 4.74 Å². The van der Waals surface area contributed by atoms with Gasteiger partial charge in [-0.1, -0.05) is 11.6 Å². The lowest BCUT2D eigenvalue weighted by atomic mass is 10.1. The predicted octanol–water partition coefficient (Wildman–Crippen LogP) is 6.03. The molecule has 0 spiro atoms. The molecule has 1 N–H and O–H groups in total. The normalized spacial score (nSPS) is 12.0. The molecule has 0 unspecified atom stereocenters. The van der Waals surface area contributed by atoms with Gasteiger partial charge >= 0.3 is 18.5 Å². The largest absolute Gasteiger partial charge is 0.573 e. The van der Waals surface area contributed by atoms with Crippen molar-refractivity contribution in [2.75, 3.05) is 0 Å². The molecule has 2 aromatic rings. The molecule has 0 amide bonds. The highest BCUT2D eigenvalue weighted by atomic mass is 35.5. The first-order valence-electron chi connectivity index (χ1n) is 6.77. The first-order chi connectivity index (χ1) is 12.7. The number of halogens is 9. The van der Waals surface area contributed by atoms with Crippen molar-refractivity contribution < 1.29 is 54.5 Å². The van der Waals surface area contributed by atoms with Crippen molar-refractivity contribution in [2.24, 2.45) is 0 Å². The fraction of sp³-hybridized carbons (Fsp3) is 0.133. The summed E-state index contributed by atoms with van der Waals surface area (Å²) in [5.74, 6) is -9.21. The lowest BCUT2D eigenvalue weighted by Gasteiger charge is -2.16. The zero-order valence-corrected chi connectivity index (χ0v) is 13.6. The smallest absolute Gasteiger partial charge is 0.477 e. The summed E-state index contributed by atoms with van der Waals surface area (Å²) in [5, 5.41) is 7.86. The van der Waals surface area contributed by atoms with Gasteiger partial charge in [0.1, 0.15) is 22.1 Å². The van der Waals surface area contributed by atoms with Gasteiger partial charge in [-0.25, -0.2) is 13.6 Å². The first-order valence-corrected chi connectivity index (χ1v) is 7.14. The molecule has 0 heterocycles. The van der Waals surface area contributed by atoms with Gasteiger partial charge in [0.2, 0.25) is 0 Å². The van der Waals surface area contributed by atoms with Gasteiger partial charge in [0, 0.05) is 0 Å². The summed E-state index contributed by atoms with van der Waals surface area (Å²) in [7, 11) is 0. The van der Waals surface area contributed by atoms with Crippen LogP contribution in [0.15, 0.2) is 24.3 Å². The Morgan fingerprint density at radius 2 is 1.43 bits per heavy atom. The van der Waals surface area contributed by atoms with Crippen LogP contribution < -0.4 is 9.47 Å². The number of alkyl halides is 6. The average Bonchev–Trinajstić information content (AvgIpc) is 2.52. The van der Waals surface area contributed by atoms with Crippen LogP contribution in [-0.2, 0) is 6.18 Å². The number of aromatic carboxylic acids is 1. The number of benzene rings is 2. The summed E-state index contributed by atoms with van der Waals surface area (Å²) in [6.45, 7) is 0. The van der Waals surface area contributed by atoms with Gasteiger partial charge in [0.15, 0.2) is 17.4 Å². The van der Waals surface area contributed by atoms with E-state index in [4.69, 9.17) is 21.4 Å². The topological polar surface area (TPSA) is 55.8 Å². The Bertz CT molecular complexity index is 924. The standard InChI is InChI=1S/C15H5ClF8O4/c16-10-7(3-4-8(12(10)18)28-15(22,23)24)27-6-2-1-5(14(19,20)21)11(17)9(6)13(25)26/h1-4H,(H,25,26). The average molecular weight is 437 g/mol. The zero-order valence-electron chi connectivity index (χ0n) is 12.9. The lowest BCUT2D eigenvalue weighted by molar-refractivity contribution is -0.275. The number of ether oxygens (including phenoxy) is 2. The summed E-state index contributed by atoms with van der Waals surface area (Å²) in [5.41, 5.74) is -3.44. The van der Waals surface area contributed by atoms with Crippen LogP contribution in [0.4, 0.5) is 35.1 Å². The minimum atomic E-state index is -5.25. The van der Waals surface area contributed by atoms with Gasteiger partial charge in [-0.15, -0.1) is 13.2 Å². The Labute approximate surface area is 154 Å². The van der Waals surface area contributed by atoms with E-state index in [1.165, 1.54) is 0 Å². The highest BCUT2D eigenvalue weighted by Gasteiger charge is 2.38. The van der Waals surface area contributed by atoms with Gasteiger partial charge < -0.3 is 14.6 Å². The van der Waals surface area contributed by atoms with Crippen molar-refractivity contribution in [3.63, 3.8) is 0 Å². The van der Waals surface area contributed by atoms with Gasteiger partial charge in [0.25, 0.3) is 0 Å². The van der Waals surface area contributed by atoms with Gasteiger partial charge in [-0.05, 0) is 24.3 Å². The van der Waals surface area contributed by atoms with Gasteiger partial charge in [-0.2, -0.15) is 13.2 Å². The Kier molecular flexibility index (Phi) is 5.64. The number of carboxylic acids is 1. The SMILES string of the molecule is O=C(O)c1c(Oc2ccc(OC(F)(F)F)c(F)c2Cl)ccc(C(F)(F)F)c1F. The quantitative estimate of drug-likeness (QED) is 0.595. The Hall–Kier alpha value is -2.76. The van der Waals surface area contributed by atoms with Crippen molar-refractivity contribution in [3.05, 3.63) is 52.0 Å². The predicted molar refractivity (Wildman–Crippen MR) is 76.5 cm³/mol. The molecular weight excluding hydrogens is 432 g/mol. The minimum absolute atomic E-state index is 0.169. The number of carboxylic acid groups (broad SMARTS) is 1. The van der Waals surface area contributed by atoms with Crippen molar-refractivity contribution >= 4 is 17.6 Å². The summed E-state index contributed by atoms with van der Waals surface area (Å²) in [6, 6.07) is 1.64. The Balaban J connectivity index is 2.50. The molecule has 0 atom stereocenters. The zero-order chi connectivity index (χ0) is 21.4. The molecular formula is C15H5ClF8O4. The highest BCUT2D eigenvalue weighted by molar-refractivity contribution is 6.32. The first kappa shape index (κ1) is 21.5. The van der Waals surface area contributed by atoms with E-state index < -0.39 is 63.5 Å². The van der Waals surface area contributed by atoms with Gasteiger partial charge in [-0.3, -0.25) is 0 Å². The summed E-state index contributed by atoms with van der Waals surface area (Å²) in [4.78, 5) is 11.1. The number of rotatable bonds is 4. The molecule has 152 valence electrons. The summed E-state index contributed by atoms with van der Waals surface area (Å²) in [6.07, 6.45) is -10.5. The van der Waals surface area contributed by atoms with Crippen LogP contribution in [0.3, 0.4) is 0 Å². The van der Waals surface area contributed by atoms with Crippen molar-refractivity contribution in [3.8, 4) is 17.2 Å². The second-order valence-electron chi connectivity index (χ2n) is 4.94. The lowest BCUT2D eigenvalue weighted by Crippen LogP contribution is -2.18. The van der Waals surface area contributed by atoms with Crippen LogP contribution in [0.25, 0.3) is 0 Å². The van der Waals surface area contributed by atoms with E-state index in [1.54, 1.807) is 0 Å². The van der Waals surface area contributed by atoms with Crippen LogP contribution in [0.2, 0.25) is 5.02 Å². The van der Waals surface area contributed by atoms with Crippen LogP contribution in [-0.4, -0.2) is 17.4 Å². The summed E-state index contributed by atoms with van der Waals surface area (Å²) < 4.78 is 111. The fourth-order valence-electron chi connectivity index (χ4n) is 1.98. The number of hydrogen-bond acceptors (Lipinski definition) is 3. The molecule has 2 rings (SSSR count). The molecule has 4 nitrogen and oxygen atoms in total. The molecule has 13 heteroatoms. The second-order valence-corrected chi connectivity index (χ2v) is 5.32. The molecule has 0 fully saturated rings. The fourth-order valence-corrected chi connectivity index (χ4v) is 2.17. The van der Waals surface area contributed by atoms with Crippen LogP contribution in [0.1, 0.15) is 15.9 Å². The Morgan fingerprint density at radius 1 is 0.893 bits per heavy atom. The maximum Gasteiger partial charge on any atom is 0.573 e. The minimum Gasteiger partial charge on any atom is -0.477 e. The Morgan fingerprint density at radius 3 is 1.93 bits per heavy atom. The number of carbonyl (C=O) groups is 1. The van der Waals surface area contributed by atoms with Crippen LogP contribution in [0.5, 0.6) is 17.2 Å². The van der Waals surface area contributed by atoms with E-state index in [-0.39, 0.29) is 6.07 Å². The van der Waals surface area contributed by atoms with Crippen LogP contribution in [0, 0.1) is 11.6 Å². The van der Waals surface area contributed by atoms with Crippen molar-refractivity contribution in [1.82, 2.24) is 0 Å². The molecule has 0 radical (unpaired) electrons. The van der Waals surface area contributed by atoms with Gasteiger partial charge in [0.05, 0.1) is 5.56 Å². The van der Waals surface area contributed by atoms with E-state index >= 15 is 0 Å². The monoisotopic (exact) mass is 436 g/mol. The molecule has 0 aliphatic rings. The molecule has 0 saturated carbocycles. The molecule has 0 bridgehead atoms. The third kappa shape index (κ3) is 4.55. The third-order valence-corrected chi connectivity index (χ3v) is 3.43. The molecule has 28 heavy (non-hydrogen) atoms. The molecule has 0 aromatic heterocycles. The van der Waals surface area contributed by atoms with E-state index in [0.29, 0.717) is 18.2 Å². The molecule has 0 aliphatic heterocycles. The maximum atomic E-state index is 14.0. The summed E-state index contributed by atoms with van der Waals surface area (Å²) >= 11 is 5.48. The van der Waals surface area contributed by atoms with Crippen molar-refractivity contribution in [2.45, 2.75) is 12.5 Å². The van der Waals surface area contributed by atoms with E-state index in [9.17, 15) is 39.9 Å². The maximum absolute atomic E-state index is 14.0. The second kappa shape index (κ2) is 7.34. The van der Waals surface area contributed by atoms with Crippen molar-refractivity contribution in [1.29, 1.82) is 0 Å². The van der Waals surface area contributed by atoms with E-state index in [1.807, 2.05) is 0 Å². The third-order valence-electron chi connectivity index (χ3n) is 3.08. The molecule has 2 aromatic carbocycles.